The van der Waals surface area contributed by atoms with Crippen LogP contribution in [-0.2, 0) is 0 Å². The van der Waals surface area contributed by atoms with Gasteiger partial charge in [0.05, 0.1) is 6.21 Å². The fraction of sp³-hybridized carbons (Fsp3) is 0.273. The minimum atomic E-state index is -0.332. The van der Waals surface area contributed by atoms with Crippen LogP contribution in [0.2, 0.25) is 0 Å². The van der Waals surface area contributed by atoms with Crippen LogP contribution in [-0.4, -0.2) is 33.4 Å². The van der Waals surface area contributed by atoms with Gasteiger partial charge >= 0.3 is 6.03 Å². The van der Waals surface area contributed by atoms with Gasteiger partial charge in [-0.2, -0.15) is 5.10 Å². The van der Waals surface area contributed by atoms with Crippen molar-refractivity contribution in [1.29, 1.82) is 0 Å². The molecule has 0 unspecified atom stereocenters. The van der Waals surface area contributed by atoms with E-state index in [0.29, 0.717) is 0 Å². The summed E-state index contributed by atoms with van der Waals surface area (Å²) in [5.41, 5.74) is 4.38. The van der Waals surface area contributed by atoms with Crippen molar-refractivity contribution in [3.05, 3.63) is 29.8 Å². The average molecular weight is 220 g/mol. The molecule has 0 aliphatic carbocycles. The Kier molecular flexibility index (Phi) is 4.32. The van der Waals surface area contributed by atoms with Crippen molar-refractivity contribution in [1.82, 2.24) is 10.7 Å². The Hall–Kier alpha value is -2.04. The predicted octanol–water partition coefficient (Wildman–Crippen LogP) is 1.02. The molecule has 0 fully saturated rings. The number of hydrogen-bond acceptors (Lipinski definition) is 3. The molecule has 5 nitrogen and oxygen atoms in total. The van der Waals surface area contributed by atoms with Gasteiger partial charge in [0.2, 0.25) is 0 Å². The van der Waals surface area contributed by atoms with Gasteiger partial charge < -0.3 is 10.2 Å². The van der Waals surface area contributed by atoms with E-state index in [9.17, 15) is 4.79 Å². The predicted molar refractivity (Wildman–Crippen MR) is 66.0 cm³/mol. The van der Waals surface area contributed by atoms with Crippen LogP contribution in [0.3, 0.4) is 0 Å². The largest absolute Gasteiger partial charge is 0.378 e. The Morgan fingerprint density at radius 1 is 1.31 bits per heavy atom. The molecule has 0 heterocycles. The number of anilines is 1. The van der Waals surface area contributed by atoms with E-state index in [1.165, 1.54) is 7.05 Å². The summed E-state index contributed by atoms with van der Waals surface area (Å²) in [5, 5.41) is 6.19. The van der Waals surface area contributed by atoms with Gasteiger partial charge in [-0.1, -0.05) is 12.1 Å². The van der Waals surface area contributed by atoms with Crippen LogP contribution in [0.15, 0.2) is 29.4 Å². The highest BCUT2D eigenvalue weighted by molar-refractivity contribution is 5.82. The molecule has 0 aromatic heterocycles. The van der Waals surface area contributed by atoms with E-state index in [2.05, 4.69) is 15.8 Å². The lowest BCUT2D eigenvalue weighted by atomic mass is 10.2. The highest BCUT2D eigenvalue weighted by Crippen LogP contribution is 2.10. The molecule has 0 aliphatic heterocycles. The second-order valence-corrected chi connectivity index (χ2v) is 3.44. The molecule has 0 atom stereocenters. The van der Waals surface area contributed by atoms with Gasteiger partial charge in [-0.3, -0.25) is 0 Å². The first-order chi connectivity index (χ1) is 7.63. The zero-order chi connectivity index (χ0) is 12.0. The Bertz CT molecular complexity index is 370. The maximum absolute atomic E-state index is 10.8. The molecule has 0 bridgehead atoms. The molecule has 1 aromatic carbocycles. The molecule has 2 amide bonds. The van der Waals surface area contributed by atoms with Crippen LogP contribution < -0.4 is 15.6 Å². The number of carbonyl (C=O) groups excluding carboxylic acids is 1. The standard InChI is InChI=1S/C11H16N4O/c1-12-11(16)14-13-8-9-4-6-10(7-5-9)15(2)3/h4-8H,1-3H3,(H2,12,14,16)/b13-8+. The number of benzene rings is 1. The van der Waals surface area contributed by atoms with Gasteiger partial charge in [0, 0.05) is 26.8 Å². The molecule has 0 spiro atoms. The maximum atomic E-state index is 10.8. The van der Waals surface area contributed by atoms with Crippen LogP contribution >= 0.6 is 0 Å². The maximum Gasteiger partial charge on any atom is 0.334 e. The van der Waals surface area contributed by atoms with E-state index in [1.807, 2.05) is 43.3 Å². The van der Waals surface area contributed by atoms with Crippen molar-refractivity contribution >= 4 is 17.9 Å². The van der Waals surface area contributed by atoms with Crippen LogP contribution in [0.4, 0.5) is 10.5 Å². The highest BCUT2D eigenvalue weighted by Gasteiger charge is 1.94. The monoisotopic (exact) mass is 220 g/mol. The number of nitrogens with zero attached hydrogens (tertiary/aromatic N) is 2. The first-order valence-corrected chi connectivity index (χ1v) is 4.91. The molecule has 0 radical (unpaired) electrons. The summed E-state index contributed by atoms with van der Waals surface area (Å²) < 4.78 is 0. The van der Waals surface area contributed by atoms with Crippen molar-refractivity contribution in [3.8, 4) is 0 Å². The first-order valence-electron chi connectivity index (χ1n) is 4.91. The van der Waals surface area contributed by atoms with Gasteiger partial charge in [0.1, 0.15) is 0 Å². The summed E-state index contributed by atoms with van der Waals surface area (Å²) >= 11 is 0. The molecule has 0 saturated carbocycles. The third-order valence-electron chi connectivity index (χ3n) is 2.02. The number of urea groups is 1. The molecule has 86 valence electrons. The summed E-state index contributed by atoms with van der Waals surface area (Å²) in [6.07, 6.45) is 1.59. The van der Waals surface area contributed by atoms with Crippen molar-refractivity contribution in [3.63, 3.8) is 0 Å². The Morgan fingerprint density at radius 2 is 1.94 bits per heavy atom. The highest BCUT2D eigenvalue weighted by atomic mass is 16.2. The van der Waals surface area contributed by atoms with Crippen LogP contribution in [0, 0.1) is 0 Å². The van der Waals surface area contributed by atoms with E-state index < -0.39 is 0 Å². The average Bonchev–Trinajstić information content (AvgIpc) is 2.29. The number of carbonyl (C=O) groups is 1. The number of hydrazone groups is 1. The molecule has 0 aliphatic rings. The van der Waals surface area contributed by atoms with E-state index in [-0.39, 0.29) is 6.03 Å². The van der Waals surface area contributed by atoms with Crippen LogP contribution in [0.5, 0.6) is 0 Å². The van der Waals surface area contributed by atoms with Crippen molar-refractivity contribution < 1.29 is 4.79 Å². The minimum Gasteiger partial charge on any atom is -0.378 e. The lowest BCUT2D eigenvalue weighted by Gasteiger charge is -2.11. The summed E-state index contributed by atoms with van der Waals surface area (Å²) in [7, 11) is 5.50. The van der Waals surface area contributed by atoms with Crippen molar-refractivity contribution in [2.75, 3.05) is 26.0 Å². The smallest absolute Gasteiger partial charge is 0.334 e. The van der Waals surface area contributed by atoms with Crippen LogP contribution in [0.1, 0.15) is 5.56 Å². The topological polar surface area (TPSA) is 56.7 Å². The SMILES string of the molecule is CNC(=O)N/N=C/c1ccc(N(C)C)cc1. The van der Waals surface area contributed by atoms with Crippen molar-refractivity contribution in [2.24, 2.45) is 5.10 Å². The van der Waals surface area contributed by atoms with E-state index in [4.69, 9.17) is 0 Å². The van der Waals surface area contributed by atoms with Crippen LogP contribution in [0.25, 0.3) is 0 Å². The molecule has 2 N–H and O–H groups in total. The summed E-state index contributed by atoms with van der Waals surface area (Å²) in [6.45, 7) is 0. The summed E-state index contributed by atoms with van der Waals surface area (Å²) in [6, 6.07) is 7.51. The first kappa shape index (κ1) is 12.0. The zero-order valence-corrected chi connectivity index (χ0v) is 9.69. The molecule has 1 aromatic rings. The number of rotatable bonds is 3. The summed E-state index contributed by atoms with van der Waals surface area (Å²) in [5.74, 6) is 0. The van der Waals surface area contributed by atoms with E-state index in [0.717, 1.165) is 11.3 Å². The molecule has 16 heavy (non-hydrogen) atoms. The minimum absolute atomic E-state index is 0.332. The number of amides is 2. The molecular formula is C11H16N4O. The fourth-order valence-electron chi connectivity index (χ4n) is 1.08. The molecular weight excluding hydrogens is 204 g/mol. The lowest BCUT2D eigenvalue weighted by molar-refractivity contribution is 0.243. The quantitative estimate of drug-likeness (QED) is 0.590. The van der Waals surface area contributed by atoms with E-state index in [1.54, 1.807) is 6.21 Å². The van der Waals surface area contributed by atoms with Gasteiger partial charge in [0.15, 0.2) is 0 Å². The Balaban J connectivity index is 2.58. The van der Waals surface area contributed by atoms with E-state index >= 15 is 0 Å². The lowest BCUT2D eigenvalue weighted by Crippen LogP contribution is -2.28. The fourth-order valence-corrected chi connectivity index (χ4v) is 1.08. The molecule has 0 saturated heterocycles. The second-order valence-electron chi connectivity index (χ2n) is 3.44. The molecule has 5 heteroatoms. The van der Waals surface area contributed by atoms with Crippen molar-refractivity contribution in [2.45, 2.75) is 0 Å². The number of hydrogen-bond donors (Lipinski definition) is 2. The van der Waals surface area contributed by atoms with Gasteiger partial charge in [0.25, 0.3) is 0 Å². The normalized spacial score (nSPS) is 10.2. The molecule has 1 rings (SSSR count). The third kappa shape index (κ3) is 3.61. The third-order valence-corrected chi connectivity index (χ3v) is 2.02. The number of nitrogens with one attached hydrogen (secondary N) is 2. The zero-order valence-electron chi connectivity index (χ0n) is 9.69. The summed E-state index contributed by atoms with van der Waals surface area (Å²) in [4.78, 5) is 12.8. The Morgan fingerprint density at radius 3 is 2.44 bits per heavy atom. The van der Waals surface area contributed by atoms with Gasteiger partial charge in [-0.25, -0.2) is 10.2 Å². The second kappa shape index (κ2) is 5.75. The Labute approximate surface area is 95.1 Å². The van der Waals surface area contributed by atoms with Gasteiger partial charge in [-0.15, -0.1) is 0 Å². The van der Waals surface area contributed by atoms with Gasteiger partial charge in [-0.05, 0) is 17.7 Å².